The second-order valence-corrected chi connectivity index (χ2v) is 8.74. The summed E-state index contributed by atoms with van der Waals surface area (Å²) in [4.78, 5) is 22.4. The summed E-state index contributed by atoms with van der Waals surface area (Å²) in [6, 6.07) is 0.282. The molecule has 6 heteroatoms. The maximum absolute atomic E-state index is 13.4. The number of nitrogens with one attached hydrogen (secondary N) is 1. The van der Waals surface area contributed by atoms with E-state index < -0.39 is 0 Å². The number of hydrogen-bond donors (Lipinski definition) is 1. The van der Waals surface area contributed by atoms with Gasteiger partial charge < -0.3 is 5.32 Å². The van der Waals surface area contributed by atoms with Gasteiger partial charge in [-0.25, -0.2) is 4.98 Å². The van der Waals surface area contributed by atoms with E-state index in [1.807, 2.05) is 23.5 Å². The van der Waals surface area contributed by atoms with Gasteiger partial charge in [0.25, 0.3) is 0 Å². The molecule has 0 bridgehead atoms. The Morgan fingerprint density at radius 1 is 1.31 bits per heavy atom. The van der Waals surface area contributed by atoms with E-state index in [2.05, 4.69) is 22.1 Å². The lowest BCUT2D eigenvalue weighted by Crippen LogP contribution is -2.53. The van der Waals surface area contributed by atoms with Gasteiger partial charge in [-0.1, -0.05) is 19.3 Å². The Kier molecular flexibility index (Phi) is 7.46. The van der Waals surface area contributed by atoms with Gasteiger partial charge in [0.15, 0.2) is 5.13 Å². The predicted molar refractivity (Wildman–Crippen MR) is 109 cm³/mol. The van der Waals surface area contributed by atoms with Crippen LogP contribution in [0.5, 0.6) is 0 Å². The molecular formula is C20H34N4OS. The number of carbonyl (C=O) groups is 1. The number of amides is 1. The number of nitrogens with zero attached hydrogens (tertiary/aromatic N) is 3. The largest absolute Gasteiger partial charge is 0.320 e. The van der Waals surface area contributed by atoms with Crippen molar-refractivity contribution in [1.29, 1.82) is 0 Å². The van der Waals surface area contributed by atoms with Gasteiger partial charge in [0.2, 0.25) is 5.91 Å². The Morgan fingerprint density at radius 2 is 2.04 bits per heavy atom. The second-order valence-electron chi connectivity index (χ2n) is 7.86. The van der Waals surface area contributed by atoms with Gasteiger partial charge in [-0.15, -0.1) is 11.3 Å². The van der Waals surface area contributed by atoms with Crippen LogP contribution in [0.2, 0.25) is 0 Å². The second kappa shape index (κ2) is 9.81. The number of anilines is 1. The van der Waals surface area contributed by atoms with Crippen LogP contribution in [-0.2, 0) is 4.79 Å². The lowest BCUT2D eigenvalue weighted by atomic mass is 9.92. The highest BCUT2D eigenvalue weighted by Crippen LogP contribution is 2.30. The van der Waals surface area contributed by atoms with E-state index in [-0.39, 0.29) is 11.9 Å². The highest BCUT2D eigenvalue weighted by atomic mass is 32.1. The van der Waals surface area contributed by atoms with E-state index in [1.54, 1.807) is 11.3 Å². The lowest BCUT2D eigenvalue weighted by molar-refractivity contribution is -0.124. The topological polar surface area (TPSA) is 48.5 Å². The predicted octanol–water partition coefficient (Wildman–Crippen LogP) is 3.52. The Hall–Kier alpha value is -0.980. The molecule has 2 heterocycles. The van der Waals surface area contributed by atoms with Crippen molar-refractivity contribution >= 4 is 22.4 Å². The lowest BCUT2D eigenvalue weighted by Gasteiger charge is -2.39. The Balaban J connectivity index is 1.63. The van der Waals surface area contributed by atoms with Gasteiger partial charge >= 0.3 is 0 Å². The molecule has 1 unspecified atom stereocenters. The molecule has 1 aliphatic carbocycles. The van der Waals surface area contributed by atoms with Gasteiger partial charge in [-0.05, 0) is 71.6 Å². The molecule has 3 rings (SSSR count). The van der Waals surface area contributed by atoms with Crippen LogP contribution in [-0.4, -0.2) is 54.6 Å². The average Bonchev–Trinajstić information content (AvgIpc) is 3.21. The van der Waals surface area contributed by atoms with Crippen molar-refractivity contribution in [3.8, 4) is 0 Å². The van der Waals surface area contributed by atoms with Crippen molar-refractivity contribution < 1.29 is 4.79 Å². The minimum atomic E-state index is -0.0499. The van der Waals surface area contributed by atoms with Crippen LogP contribution in [0.1, 0.15) is 58.3 Å². The van der Waals surface area contributed by atoms with Crippen LogP contribution >= 0.6 is 11.3 Å². The standard InChI is InChI=1S/C20H34N4OS/c1-16(23-13-9-17(10-14-23)8-11-21-2)19(25)24(20-22-12-15-26-20)18-6-4-3-5-7-18/h12,15-18,21H,3-11,13-14H2,1-2H3. The van der Waals surface area contributed by atoms with Crippen molar-refractivity contribution in [3.05, 3.63) is 11.6 Å². The fourth-order valence-electron chi connectivity index (χ4n) is 4.44. The molecule has 1 aromatic rings. The summed E-state index contributed by atoms with van der Waals surface area (Å²) >= 11 is 1.60. The van der Waals surface area contributed by atoms with E-state index >= 15 is 0 Å². The molecule has 0 aromatic carbocycles. The molecule has 1 N–H and O–H groups in total. The maximum atomic E-state index is 13.4. The van der Waals surface area contributed by atoms with E-state index in [4.69, 9.17) is 0 Å². The average molecular weight is 379 g/mol. The molecule has 1 amide bonds. The summed E-state index contributed by atoms with van der Waals surface area (Å²) in [5.74, 6) is 1.05. The van der Waals surface area contributed by atoms with Gasteiger partial charge in [-0.3, -0.25) is 14.6 Å². The Bertz CT molecular complexity index is 536. The van der Waals surface area contributed by atoms with Crippen LogP contribution in [0.25, 0.3) is 0 Å². The summed E-state index contributed by atoms with van der Waals surface area (Å²) in [6.45, 7) is 5.27. The van der Waals surface area contributed by atoms with Crippen molar-refractivity contribution in [2.45, 2.75) is 70.4 Å². The third-order valence-corrected chi connectivity index (χ3v) is 6.93. The smallest absolute Gasteiger partial charge is 0.246 e. The summed E-state index contributed by atoms with van der Waals surface area (Å²) in [5, 5.41) is 6.12. The quantitative estimate of drug-likeness (QED) is 0.789. The first-order valence-corrected chi connectivity index (χ1v) is 11.2. The van der Waals surface area contributed by atoms with Crippen LogP contribution in [0.15, 0.2) is 11.6 Å². The summed E-state index contributed by atoms with van der Waals surface area (Å²) in [5.41, 5.74) is 0. The van der Waals surface area contributed by atoms with Crippen molar-refractivity contribution in [3.63, 3.8) is 0 Å². The molecule has 1 saturated carbocycles. The van der Waals surface area contributed by atoms with E-state index in [9.17, 15) is 4.79 Å². The normalized spacial score (nSPS) is 21.6. The van der Waals surface area contributed by atoms with Gasteiger partial charge in [-0.2, -0.15) is 0 Å². The fraction of sp³-hybridized carbons (Fsp3) is 0.800. The maximum Gasteiger partial charge on any atom is 0.246 e. The fourth-order valence-corrected chi connectivity index (χ4v) is 5.16. The number of rotatable bonds is 7. The third-order valence-electron chi connectivity index (χ3n) is 6.16. The molecule has 146 valence electrons. The number of aromatic nitrogens is 1. The molecule has 2 aliphatic rings. The molecular weight excluding hydrogens is 344 g/mol. The van der Waals surface area contributed by atoms with E-state index in [0.29, 0.717) is 6.04 Å². The number of likely N-dealkylation sites (tertiary alicyclic amines) is 1. The number of thiazole rings is 1. The molecule has 0 radical (unpaired) electrons. The van der Waals surface area contributed by atoms with Gasteiger partial charge in [0.05, 0.1) is 6.04 Å². The monoisotopic (exact) mass is 378 g/mol. The van der Waals surface area contributed by atoms with Crippen LogP contribution in [0.3, 0.4) is 0 Å². The van der Waals surface area contributed by atoms with Crippen molar-refractivity contribution in [1.82, 2.24) is 15.2 Å². The molecule has 1 atom stereocenters. The first kappa shape index (κ1) is 19.8. The van der Waals surface area contributed by atoms with E-state index in [1.165, 1.54) is 38.5 Å². The molecule has 2 fully saturated rings. The number of hydrogen-bond acceptors (Lipinski definition) is 5. The first-order chi connectivity index (χ1) is 12.7. The summed E-state index contributed by atoms with van der Waals surface area (Å²) < 4.78 is 0. The summed E-state index contributed by atoms with van der Waals surface area (Å²) in [7, 11) is 2.02. The summed E-state index contributed by atoms with van der Waals surface area (Å²) in [6.07, 6.45) is 11.5. The van der Waals surface area contributed by atoms with E-state index in [0.717, 1.165) is 43.5 Å². The molecule has 0 spiro atoms. The van der Waals surface area contributed by atoms with Gasteiger partial charge in [0.1, 0.15) is 0 Å². The Morgan fingerprint density at radius 3 is 2.65 bits per heavy atom. The van der Waals surface area contributed by atoms with Crippen LogP contribution in [0, 0.1) is 5.92 Å². The van der Waals surface area contributed by atoms with Gasteiger partial charge in [0, 0.05) is 17.6 Å². The molecule has 1 aromatic heterocycles. The van der Waals surface area contributed by atoms with Crippen LogP contribution in [0.4, 0.5) is 5.13 Å². The number of piperidine rings is 1. The minimum Gasteiger partial charge on any atom is -0.320 e. The zero-order valence-electron chi connectivity index (χ0n) is 16.3. The van der Waals surface area contributed by atoms with Crippen LogP contribution < -0.4 is 10.2 Å². The SMILES string of the molecule is CNCCC1CCN(C(C)C(=O)N(c2nccs2)C2CCCCC2)CC1. The van der Waals surface area contributed by atoms with Crippen molar-refractivity contribution in [2.75, 3.05) is 31.6 Å². The molecule has 26 heavy (non-hydrogen) atoms. The molecule has 5 nitrogen and oxygen atoms in total. The Labute approximate surface area is 162 Å². The van der Waals surface area contributed by atoms with Crippen molar-refractivity contribution in [2.24, 2.45) is 5.92 Å². The highest BCUT2D eigenvalue weighted by Gasteiger charge is 2.34. The molecule has 1 saturated heterocycles. The zero-order valence-corrected chi connectivity index (χ0v) is 17.1. The zero-order chi connectivity index (χ0) is 18.4. The molecule has 1 aliphatic heterocycles. The minimum absolute atomic E-state index is 0.0499. The third kappa shape index (κ3) is 4.84. The highest BCUT2D eigenvalue weighted by molar-refractivity contribution is 7.13. The number of carbonyl (C=O) groups excluding carboxylic acids is 1. The first-order valence-electron chi connectivity index (χ1n) is 10.3.